The van der Waals surface area contributed by atoms with Crippen LogP contribution in [0.5, 0.6) is 0 Å². The lowest BCUT2D eigenvalue weighted by Gasteiger charge is -2.12. The Bertz CT molecular complexity index is 378. The smallest absolute Gasteiger partial charge is 0.229 e. The molecule has 4 heteroatoms. The van der Waals surface area contributed by atoms with Crippen LogP contribution in [0.25, 0.3) is 6.08 Å². The fourth-order valence-electron chi connectivity index (χ4n) is 1.88. The van der Waals surface area contributed by atoms with Crippen LogP contribution in [-0.4, -0.2) is 36.9 Å². The molecule has 0 bridgehead atoms. The third kappa shape index (κ3) is 7.00. The van der Waals surface area contributed by atoms with E-state index in [0.29, 0.717) is 9.76 Å². The van der Waals surface area contributed by atoms with Gasteiger partial charge in [-0.2, -0.15) is 0 Å². The summed E-state index contributed by atoms with van der Waals surface area (Å²) in [7, 11) is 3.84. The highest BCUT2D eigenvalue weighted by Gasteiger charge is 2.04. The molecule has 0 spiro atoms. The zero-order valence-corrected chi connectivity index (χ0v) is 13.4. The van der Waals surface area contributed by atoms with E-state index in [1.165, 1.54) is 11.1 Å². The van der Waals surface area contributed by atoms with E-state index in [9.17, 15) is 0 Å². The third-order valence-electron chi connectivity index (χ3n) is 3.01. The molecule has 0 aliphatic rings. The fraction of sp³-hybridized carbons (Fsp3) is 0.500. The lowest BCUT2D eigenvalue weighted by Crippen LogP contribution is -2.14. The first-order valence-electron chi connectivity index (χ1n) is 6.91. The van der Waals surface area contributed by atoms with Crippen LogP contribution in [0.2, 0.25) is 6.04 Å². The summed E-state index contributed by atoms with van der Waals surface area (Å²) in [4.78, 5) is 0. The Labute approximate surface area is 124 Å². The molecule has 1 aromatic rings. The van der Waals surface area contributed by atoms with Crippen molar-refractivity contribution in [2.24, 2.45) is 0 Å². The molecule has 20 heavy (non-hydrogen) atoms. The normalized spacial score (nSPS) is 10.9. The Balaban J connectivity index is 2.05. The number of aryl methyl sites for hydroxylation is 1. The van der Waals surface area contributed by atoms with Gasteiger partial charge in [0.05, 0.1) is 0 Å². The predicted molar refractivity (Wildman–Crippen MR) is 83.8 cm³/mol. The van der Waals surface area contributed by atoms with Crippen molar-refractivity contribution in [1.29, 1.82) is 0 Å². The summed E-state index contributed by atoms with van der Waals surface area (Å²) in [6.45, 7) is 4.59. The molecule has 0 aliphatic heterocycles. The van der Waals surface area contributed by atoms with Crippen LogP contribution in [0.3, 0.4) is 0 Å². The van der Waals surface area contributed by atoms with Crippen molar-refractivity contribution in [2.45, 2.75) is 31.6 Å². The van der Waals surface area contributed by atoms with Crippen LogP contribution in [0.1, 0.15) is 24.0 Å². The van der Waals surface area contributed by atoms with Gasteiger partial charge >= 0.3 is 0 Å². The molecule has 0 saturated heterocycles. The van der Waals surface area contributed by atoms with Crippen LogP contribution in [0.15, 0.2) is 30.8 Å². The lowest BCUT2D eigenvalue weighted by atomic mass is 10.1. The van der Waals surface area contributed by atoms with Gasteiger partial charge in [0.2, 0.25) is 9.76 Å². The largest absolute Gasteiger partial charge is 0.417 e. The fourth-order valence-corrected chi connectivity index (χ4v) is 2.66. The molecule has 1 aromatic carbocycles. The summed E-state index contributed by atoms with van der Waals surface area (Å²) in [5.74, 6) is 0. The van der Waals surface area contributed by atoms with E-state index in [-0.39, 0.29) is 6.29 Å². The highest BCUT2D eigenvalue weighted by atomic mass is 28.2. The van der Waals surface area contributed by atoms with Crippen molar-refractivity contribution < 1.29 is 13.9 Å². The second kappa shape index (κ2) is 10.8. The molecule has 0 atom stereocenters. The second-order valence-corrected chi connectivity index (χ2v) is 5.56. The number of hydrogen-bond acceptors (Lipinski definition) is 3. The van der Waals surface area contributed by atoms with Crippen molar-refractivity contribution in [1.82, 2.24) is 0 Å². The summed E-state index contributed by atoms with van der Waals surface area (Å²) in [6.07, 6.45) is 4.75. The maximum Gasteiger partial charge on any atom is 0.229 e. The molecule has 0 N–H and O–H groups in total. The van der Waals surface area contributed by atoms with Crippen molar-refractivity contribution in [3.8, 4) is 0 Å². The monoisotopic (exact) mass is 292 g/mol. The van der Waals surface area contributed by atoms with Crippen molar-refractivity contribution >= 4 is 15.8 Å². The first kappa shape index (κ1) is 17.1. The highest BCUT2D eigenvalue weighted by Crippen LogP contribution is 2.09. The maximum atomic E-state index is 5.65. The zero-order valence-electron chi connectivity index (χ0n) is 12.4. The van der Waals surface area contributed by atoms with E-state index in [4.69, 9.17) is 13.9 Å². The van der Waals surface area contributed by atoms with E-state index >= 15 is 0 Å². The van der Waals surface area contributed by atoms with Gasteiger partial charge in [-0.3, -0.25) is 0 Å². The van der Waals surface area contributed by atoms with E-state index < -0.39 is 0 Å². The molecule has 0 amide bonds. The van der Waals surface area contributed by atoms with Crippen LogP contribution in [0, 0.1) is 0 Å². The van der Waals surface area contributed by atoms with Gasteiger partial charge < -0.3 is 13.9 Å². The number of ether oxygens (including phenoxy) is 2. The lowest BCUT2D eigenvalue weighted by molar-refractivity contribution is -0.103. The molecular formula is C16H24O3Si. The Morgan fingerprint density at radius 1 is 1.30 bits per heavy atom. The van der Waals surface area contributed by atoms with Crippen LogP contribution in [0.4, 0.5) is 0 Å². The Morgan fingerprint density at radius 2 is 2.10 bits per heavy atom. The minimum atomic E-state index is -0.104. The van der Waals surface area contributed by atoms with Gasteiger partial charge in [-0.25, -0.2) is 0 Å². The first-order valence-corrected chi connectivity index (χ1v) is 8.03. The zero-order chi connectivity index (χ0) is 14.6. The van der Waals surface area contributed by atoms with Gasteiger partial charge in [0.1, 0.15) is 0 Å². The van der Waals surface area contributed by atoms with Gasteiger partial charge in [0.25, 0.3) is 0 Å². The van der Waals surface area contributed by atoms with Crippen molar-refractivity contribution in [3.63, 3.8) is 0 Å². The average Bonchev–Trinajstić information content (AvgIpc) is 2.50. The van der Waals surface area contributed by atoms with Gasteiger partial charge in [0.15, 0.2) is 6.29 Å². The Morgan fingerprint density at radius 3 is 2.80 bits per heavy atom. The number of hydrogen-bond donors (Lipinski definition) is 0. The molecule has 1 rings (SSSR count). The standard InChI is InChI=1S/C16H24O3Si/c1-4-14-7-5-8-15(13-14)9-6-11-19-20-12-10-16(17-2)18-3/h4-5,7-8,13,16H,1,6,9-12H2,2-3H3. The summed E-state index contributed by atoms with van der Waals surface area (Å²) in [6, 6.07) is 9.45. The number of benzene rings is 1. The molecule has 3 nitrogen and oxygen atoms in total. The summed E-state index contributed by atoms with van der Waals surface area (Å²) >= 11 is 0. The minimum absolute atomic E-state index is 0.104. The molecule has 0 unspecified atom stereocenters. The van der Waals surface area contributed by atoms with E-state index in [0.717, 1.165) is 31.9 Å². The van der Waals surface area contributed by atoms with E-state index in [1.807, 2.05) is 6.08 Å². The van der Waals surface area contributed by atoms with Crippen molar-refractivity contribution in [2.75, 3.05) is 20.8 Å². The van der Waals surface area contributed by atoms with Gasteiger partial charge in [-0.05, 0) is 36.4 Å². The summed E-state index contributed by atoms with van der Waals surface area (Å²) < 4.78 is 15.9. The first-order chi connectivity index (χ1) is 9.80. The molecule has 110 valence electrons. The van der Waals surface area contributed by atoms with E-state index in [2.05, 4.69) is 30.8 Å². The van der Waals surface area contributed by atoms with Gasteiger partial charge in [-0.15, -0.1) is 0 Å². The Kier molecular flexibility index (Phi) is 9.24. The van der Waals surface area contributed by atoms with Gasteiger partial charge in [0, 0.05) is 20.8 Å². The van der Waals surface area contributed by atoms with Gasteiger partial charge in [-0.1, -0.05) is 36.9 Å². The number of methoxy groups -OCH3 is 2. The van der Waals surface area contributed by atoms with Crippen LogP contribution >= 0.6 is 0 Å². The van der Waals surface area contributed by atoms with Crippen LogP contribution in [-0.2, 0) is 20.3 Å². The SMILES string of the molecule is C=Cc1cccc(CCCO[Si]CCC(OC)OC)c1. The molecule has 2 radical (unpaired) electrons. The Hall–Kier alpha value is -0.943. The molecular weight excluding hydrogens is 268 g/mol. The van der Waals surface area contributed by atoms with Crippen molar-refractivity contribution in [3.05, 3.63) is 42.0 Å². The molecule has 0 heterocycles. The molecule has 0 aromatic heterocycles. The molecule has 0 saturated carbocycles. The average molecular weight is 292 g/mol. The van der Waals surface area contributed by atoms with Crippen LogP contribution < -0.4 is 0 Å². The number of rotatable bonds is 11. The molecule has 0 fully saturated rings. The summed E-state index contributed by atoms with van der Waals surface area (Å²) in [5.41, 5.74) is 2.52. The minimum Gasteiger partial charge on any atom is -0.417 e. The molecule has 0 aliphatic carbocycles. The highest BCUT2D eigenvalue weighted by molar-refractivity contribution is 6.26. The maximum absolute atomic E-state index is 5.65. The second-order valence-electron chi connectivity index (χ2n) is 4.49. The predicted octanol–water partition coefficient (Wildman–Crippen LogP) is 3.33. The van der Waals surface area contributed by atoms with E-state index in [1.54, 1.807) is 14.2 Å². The summed E-state index contributed by atoms with van der Waals surface area (Å²) in [5, 5.41) is 0. The topological polar surface area (TPSA) is 27.7 Å². The third-order valence-corrected chi connectivity index (χ3v) is 3.91. The quantitative estimate of drug-likeness (QED) is 0.356.